The maximum Gasteiger partial charge on any atom is 0.490 e. The fraction of sp³-hybridized carbons (Fsp3) is 0.417. The Morgan fingerprint density at radius 3 is 2.36 bits per heavy atom. The summed E-state index contributed by atoms with van der Waals surface area (Å²) in [6, 6.07) is 12.2. The van der Waals surface area contributed by atoms with E-state index in [1.165, 1.54) is 0 Å². The van der Waals surface area contributed by atoms with Crippen molar-refractivity contribution in [1.82, 2.24) is 10.2 Å². The third kappa shape index (κ3) is 6.23. The molecule has 36 heavy (non-hydrogen) atoms. The number of hydrogen-bond donors (Lipinski definition) is 3. The van der Waals surface area contributed by atoms with E-state index in [-0.39, 0.29) is 29.6 Å². The lowest BCUT2D eigenvalue weighted by atomic mass is 10.0. The number of alkyl halides is 3. The van der Waals surface area contributed by atoms with Gasteiger partial charge in [-0.3, -0.25) is 10.1 Å². The first-order chi connectivity index (χ1) is 17.0. The Kier molecular flexibility index (Phi) is 8.37. The largest absolute Gasteiger partial charge is 0.491 e. The van der Waals surface area contributed by atoms with Gasteiger partial charge < -0.3 is 19.8 Å². The first kappa shape index (κ1) is 26.7. The SMILES string of the molecule is N#C[C@@H]1CCCN1C(=O)[C@@H]1CC[C@H](COc2ccc(C(=O)O)c3ccccc23)N1.O=C(O)C(F)(F)F. The van der Waals surface area contributed by atoms with Gasteiger partial charge in [0.2, 0.25) is 5.91 Å². The monoisotopic (exact) mass is 507 g/mol. The number of nitrogens with one attached hydrogen (secondary N) is 1. The van der Waals surface area contributed by atoms with Crippen LogP contribution in [-0.2, 0) is 9.59 Å². The number of fused-ring (bicyclic) bond motifs is 1. The molecule has 0 bridgehead atoms. The molecule has 3 N–H and O–H groups in total. The van der Waals surface area contributed by atoms with E-state index in [9.17, 15) is 33.1 Å². The van der Waals surface area contributed by atoms with Crippen LogP contribution >= 0.6 is 0 Å². The summed E-state index contributed by atoms with van der Waals surface area (Å²) in [7, 11) is 0. The molecule has 12 heteroatoms. The number of aromatic carboxylic acids is 1. The average Bonchev–Trinajstić information content (AvgIpc) is 3.51. The molecule has 0 spiro atoms. The van der Waals surface area contributed by atoms with Crippen molar-refractivity contribution >= 4 is 28.6 Å². The van der Waals surface area contributed by atoms with Crippen LogP contribution in [0.2, 0.25) is 0 Å². The molecular formula is C24H24F3N3O6. The second-order valence-electron chi connectivity index (χ2n) is 8.39. The molecule has 1 amide bonds. The van der Waals surface area contributed by atoms with Crippen molar-refractivity contribution in [3.8, 4) is 11.8 Å². The maximum atomic E-state index is 12.7. The van der Waals surface area contributed by atoms with Crippen LogP contribution in [0.3, 0.4) is 0 Å². The van der Waals surface area contributed by atoms with Crippen LogP contribution < -0.4 is 10.1 Å². The minimum Gasteiger partial charge on any atom is -0.491 e. The Bertz CT molecular complexity index is 1180. The van der Waals surface area contributed by atoms with Gasteiger partial charge in [0.25, 0.3) is 0 Å². The predicted octanol–water partition coefficient (Wildman–Crippen LogP) is 3.19. The first-order valence-electron chi connectivity index (χ1n) is 11.2. The van der Waals surface area contributed by atoms with Gasteiger partial charge in [0, 0.05) is 18.0 Å². The van der Waals surface area contributed by atoms with Crippen LogP contribution in [0.25, 0.3) is 10.8 Å². The van der Waals surface area contributed by atoms with Crippen molar-refractivity contribution in [1.29, 1.82) is 5.26 Å². The third-order valence-corrected chi connectivity index (χ3v) is 6.02. The number of ether oxygens (including phenoxy) is 1. The molecule has 2 aromatic carbocycles. The topological polar surface area (TPSA) is 140 Å². The number of carboxylic acids is 2. The predicted molar refractivity (Wildman–Crippen MR) is 120 cm³/mol. The zero-order valence-corrected chi connectivity index (χ0v) is 19.0. The van der Waals surface area contributed by atoms with Gasteiger partial charge in [-0.05, 0) is 43.2 Å². The molecule has 2 aromatic rings. The number of hydrogen-bond acceptors (Lipinski definition) is 6. The Morgan fingerprint density at radius 1 is 1.08 bits per heavy atom. The molecule has 0 aromatic heterocycles. The van der Waals surface area contributed by atoms with Crippen LogP contribution in [0.1, 0.15) is 36.0 Å². The summed E-state index contributed by atoms with van der Waals surface area (Å²) < 4.78 is 37.7. The zero-order chi connectivity index (χ0) is 26.5. The second-order valence-corrected chi connectivity index (χ2v) is 8.39. The summed E-state index contributed by atoms with van der Waals surface area (Å²) in [5.41, 5.74) is 0.246. The maximum absolute atomic E-state index is 12.7. The molecule has 2 saturated heterocycles. The van der Waals surface area contributed by atoms with E-state index in [2.05, 4.69) is 11.4 Å². The van der Waals surface area contributed by atoms with Crippen molar-refractivity contribution in [2.24, 2.45) is 0 Å². The number of nitrogens with zero attached hydrogens (tertiary/aromatic N) is 2. The number of carboxylic acid groups (broad SMARTS) is 2. The van der Waals surface area contributed by atoms with Gasteiger partial charge in [-0.1, -0.05) is 24.3 Å². The number of likely N-dealkylation sites (tertiary alicyclic amines) is 1. The number of halogens is 3. The highest BCUT2D eigenvalue weighted by Gasteiger charge is 2.38. The van der Waals surface area contributed by atoms with Crippen molar-refractivity contribution in [2.45, 2.75) is 50.0 Å². The molecule has 3 atom stereocenters. The Balaban J connectivity index is 0.000000454. The van der Waals surface area contributed by atoms with Crippen LogP contribution in [-0.4, -0.2) is 70.4 Å². The van der Waals surface area contributed by atoms with E-state index < -0.39 is 18.1 Å². The smallest absolute Gasteiger partial charge is 0.490 e. The van der Waals surface area contributed by atoms with E-state index in [0.717, 1.165) is 31.1 Å². The standard InChI is InChI=1S/C22H23N3O4.C2HF3O2/c23-12-15-4-3-11-25(15)21(26)19-9-7-14(24-19)13-29-20-10-8-18(22(27)28)16-5-1-2-6-17(16)20;3-2(4,5)1(6)7/h1-2,5-6,8,10,14-15,19,24H,3-4,7,9,11,13H2,(H,27,28);(H,6,7)/t14-,15+,19+;/m1./s1. The molecule has 9 nitrogen and oxygen atoms in total. The fourth-order valence-corrected chi connectivity index (χ4v) is 4.28. The van der Waals surface area contributed by atoms with Crippen molar-refractivity contribution in [3.05, 3.63) is 42.0 Å². The summed E-state index contributed by atoms with van der Waals surface area (Å²) in [6.07, 6.45) is -1.92. The molecular weight excluding hydrogens is 483 g/mol. The lowest BCUT2D eigenvalue weighted by molar-refractivity contribution is -0.192. The molecule has 2 aliphatic rings. The number of carbonyl (C=O) groups is 3. The number of aliphatic carboxylic acids is 1. The van der Waals surface area contributed by atoms with Crippen LogP contribution in [0.5, 0.6) is 5.75 Å². The van der Waals surface area contributed by atoms with Crippen molar-refractivity contribution in [2.75, 3.05) is 13.2 Å². The summed E-state index contributed by atoms with van der Waals surface area (Å²) >= 11 is 0. The number of amides is 1. The summed E-state index contributed by atoms with van der Waals surface area (Å²) in [5.74, 6) is -3.09. The highest BCUT2D eigenvalue weighted by Crippen LogP contribution is 2.29. The molecule has 192 valence electrons. The zero-order valence-electron chi connectivity index (χ0n) is 19.0. The lowest BCUT2D eigenvalue weighted by Gasteiger charge is -2.24. The first-order valence-corrected chi connectivity index (χ1v) is 11.2. The lowest BCUT2D eigenvalue weighted by Crippen LogP contribution is -2.47. The van der Waals surface area contributed by atoms with Crippen LogP contribution in [0, 0.1) is 11.3 Å². The van der Waals surface area contributed by atoms with Crippen LogP contribution in [0.15, 0.2) is 36.4 Å². The summed E-state index contributed by atoms with van der Waals surface area (Å²) in [4.78, 5) is 34.8. The second kappa shape index (κ2) is 11.3. The van der Waals surface area contributed by atoms with Gasteiger partial charge in [0.1, 0.15) is 18.4 Å². The van der Waals surface area contributed by atoms with E-state index in [1.54, 1.807) is 29.2 Å². The van der Waals surface area contributed by atoms with Gasteiger partial charge in [-0.2, -0.15) is 18.4 Å². The molecule has 0 unspecified atom stereocenters. The minimum atomic E-state index is -5.08. The fourth-order valence-electron chi connectivity index (χ4n) is 4.28. The molecule has 0 aliphatic carbocycles. The Labute approximate surface area is 204 Å². The minimum absolute atomic E-state index is 0.00723. The van der Waals surface area contributed by atoms with E-state index in [1.807, 2.05) is 12.1 Å². The van der Waals surface area contributed by atoms with Gasteiger partial charge in [0.05, 0.1) is 17.7 Å². The Morgan fingerprint density at radius 2 is 1.75 bits per heavy atom. The summed E-state index contributed by atoms with van der Waals surface area (Å²) in [6.45, 7) is 1.04. The van der Waals surface area contributed by atoms with Gasteiger partial charge >= 0.3 is 18.1 Å². The molecule has 2 heterocycles. The molecule has 2 fully saturated rings. The van der Waals surface area contributed by atoms with E-state index >= 15 is 0 Å². The third-order valence-electron chi connectivity index (χ3n) is 6.02. The molecule has 4 rings (SSSR count). The normalized spacial score (nSPS) is 21.4. The highest BCUT2D eigenvalue weighted by molar-refractivity contribution is 6.05. The number of carbonyl (C=O) groups excluding carboxylic acids is 1. The summed E-state index contributed by atoms with van der Waals surface area (Å²) in [5, 5.41) is 30.4. The quantitative estimate of drug-likeness (QED) is 0.561. The average molecular weight is 507 g/mol. The molecule has 2 aliphatic heterocycles. The van der Waals surface area contributed by atoms with E-state index in [4.69, 9.17) is 14.6 Å². The van der Waals surface area contributed by atoms with Crippen molar-refractivity contribution in [3.63, 3.8) is 0 Å². The highest BCUT2D eigenvalue weighted by atomic mass is 19.4. The van der Waals surface area contributed by atoms with Crippen molar-refractivity contribution < 1.29 is 42.5 Å². The van der Waals surface area contributed by atoms with E-state index in [0.29, 0.717) is 24.3 Å². The van der Waals surface area contributed by atoms with Gasteiger partial charge in [-0.15, -0.1) is 0 Å². The van der Waals surface area contributed by atoms with Gasteiger partial charge in [0.15, 0.2) is 0 Å². The Hall–Kier alpha value is -3.85. The number of benzene rings is 2. The number of rotatable bonds is 5. The molecule has 0 saturated carbocycles. The van der Waals surface area contributed by atoms with Gasteiger partial charge in [-0.25, -0.2) is 9.59 Å². The van der Waals surface area contributed by atoms with Crippen LogP contribution in [0.4, 0.5) is 13.2 Å². The number of nitriles is 1. The molecule has 0 radical (unpaired) electrons.